The van der Waals surface area contributed by atoms with Crippen LogP contribution in [0, 0.1) is 25.7 Å². The summed E-state index contributed by atoms with van der Waals surface area (Å²) in [6.07, 6.45) is 3.44. The number of rotatable bonds is 8. The summed E-state index contributed by atoms with van der Waals surface area (Å²) in [4.78, 5) is 25.0. The third-order valence-corrected chi connectivity index (χ3v) is 8.39. The SMILES string of the molecule is Cc1ccc(S(=O)(=O)N2CC(O)C[C@H]2C(=O)OCC(=O)NC(C2CC2)C2CC2)cc1C. The molecule has 170 valence electrons. The summed E-state index contributed by atoms with van der Waals surface area (Å²) in [5, 5.41) is 13.0. The number of β-amino-alcohol motifs (C(OH)–C–C–N with tert-alkyl or cyclic N) is 1. The van der Waals surface area contributed by atoms with Crippen LogP contribution in [-0.4, -0.2) is 61.0 Å². The lowest BCUT2D eigenvalue weighted by molar-refractivity contribution is -0.152. The Hall–Kier alpha value is -1.97. The number of hydrogen-bond donors (Lipinski definition) is 2. The van der Waals surface area contributed by atoms with E-state index in [1.54, 1.807) is 12.1 Å². The van der Waals surface area contributed by atoms with Crippen molar-refractivity contribution in [2.45, 2.75) is 69.0 Å². The summed E-state index contributed by atoms with van der Waals surface area (Å²) in [5.74, 6) is -0.126. The number of esters is 1. The first kappa shape index (κ1) is 22.2. The van der Waals surface area contributed by atoms with Crippen molar-refractivity contribution in [3.63, 3.8) is 0 Å². The second kappa shape index (κ2) is 8.52. The Kier molecular flexibility index (Phi) is 6.11. The van der Waals surface area contributed by atoms with E-state index >= 15 is 0 Å². The second-order valence-corrected chi connectivity index (χ2v) is 11.0. The average Bonchev–Trinajstić information content (AvgIpc) is 3.64. The number of aliphatic hydroxyl groups is 1. The van der Waals surface area contributed by atoms with Crippen molar-refractivity contribution in [1.82, 2.24) is 9.62 Å². The molecule has 9 heteroatoms. The van der Waals surface area contributed by atoms with Crippen molar-refractivity contribution in [2.24, 2.45) is 11.8 Å². The number of benzene rings is 1. The largest absolute Gasteiger partial charge is 0.454 e. The highest BCUT2D eigenvalue weighted by Gasteiger charge is 2.45. The van der Waals surface area contributed by atoms with Crippen LogP contribution in [0.5, 0.6) is 0 Å². The van der Waals surface area contributed by atoms with Gasteiger partial charge in [-0.25, -0.2) is 8.42 Å². The lowest BCUT2D eigenvalue weighted by atomic mass is 10.1. The van der Waals surface area contributed by atoms with E-state index in [9.17, 15) is 23.1 Å². The Labute approximate surface area is 183 Å². The van der Waals surface area contributed by atoms with Gasteiger partial charge in [-0.15, -0.1) is 0 Å². The predicted octanol–water partition coefficient (Wildman–Crippen LogP) is 1.28. The highest BCUT2D eigenvalue weighted by atomic mass is 32.2. The zero-order valence-electron chi connectivity index (χ0n) is 17.9. The molecule has 0 aromatic heterocycles. The van der Waals surface area contributed by atoms with Gasteiger partial charge in [0, 0.05) is 19.0 Å². The van der Waals surface area contributed by atoms with Crippen LogP contribution < -0.4 is 5.32 Å². The first-order chi connectivity index (χ1) is 14.7. The van der Waals surface area contributed by atoms with Gasteiger partial charge in [0.1, 0.15) is 6.04 Å². The van der Waals surface area contributed by atoms with Crippen molar-refractivity contribution in [2.75, 3.05) is 13.2 Å². The van der Waals surface area contributed by atoms with Crippen molar-refractivity contribution < 1.29 is 27.9 Å². The third kappa shape index (κ3) is 4.94. The molecule has 0 radical (unpaired) electrons. The highest BCUT2D eigenvalue weighted by Crippen LogP contribution is 2.44. The van der Waals surface area contributed by atoms with E-state index in [-0.39, 0.29) is 29.8 Å². The third-order valence-electron chi connectivity index (χ3n) is 6.52. The van der Waals surface area contributed by atoms with E-state index in [4.69, 9.17) is 4.74 Å². The molecule has 8 nitrogen and oxygen atoms in total. The summed E-state index contributed by atoms with van der Waals surface area (Å²) < 4.78 is 32.4. The minimum Gasteiger partial charge on any atom is -0.454 e. The molecule has 3 fully saturated rings. The molecule has 4 rings (SSSR count). The van der Waals surface area contributed by atoms with Gasteiger partial charge in [-0.3, -0.25) is 9.59 Å². The number of nitrogens with zero attached hydrogens (tertiary/aromatic N) is 1. The number of sulfonamides is 1. The number of carbonyl (C=O) groups is 2. The molecule has 0 spiro atoms. The molecule has 0 bridgehead atoms. The fourth-order valence-electron chi connectivity index (χ4n) is 4.27. The molecule has 2 aliphatic carbocycles. The van der Waals surface area contributed by atoms with Gasteiger partial charge in [-0.2, -0.15) is 4.31 Å². The van der Waals surface area contributed by atoms with Gasteiger partial charge in [0.05, 0.1) is 11.0 Å². The number of carbonyl (C=O) groups excluding carboxylic acids is 2. The molecule has 1 saturated heterocycles. The minimum atomic E-state index is -4.00. The molecule has 1 aromatic carbocycles. The maximum Gasteiger partial charge on any atom is 0.325 e. The maximum absolute atomic E-state index is 13.1. The Balaban J connectivity index is 1.40. The molecular formula is C22H30N2O6S. The van der Waals surface area contributed by atoms with E-state index in [2.05, 4.69) is 5.32 Å². The molecule has 1 aliphatic heterocycles. The Morgan fingerprint density at radius 3 is 2.39 bits per heavy atom. The number of ether oxygens (including phenoxy) is 1. The van der Waals surface area contributed by atoms with Gasteiger partial charge >= 0.3 is 5.97 Å². The quantitative estimate of drug-likeness (QED) is 0.577. The summed E-state index contributed by atoms with van der Waals surface area (Å²) in [6.45, 7) is 3.06. The normalized spacial score (nSPS) is 24.4. The fourth-order valence-corrected chi connectivity index (χ4v) is 5.98. The monoisotopic (exact) mass is 450 g/mol. The van der Waals surface area contributed by atoms with Crippen LogP contribution in [0.3, 0.4) is 0 Å². The number of aryl methyl sites for hydroxylation is 2. The van der Waals surface area contributed by atoms with Crippen LogP contribution in [0.15, 0.2) is 23.1 Å². The first-order valence-corrected chi connectivity index (χ1v) is 12.3. The van der Waals surface area contributed by atoms with Crippen LogP contribution in [-0.2, 0) is 24.3 Å². The van der Waals surface area contributed by atoms with E-state index in [1.807, 2.05) is 13.8 Å². The van der Waals surface area contributed by atoms with Crippen molar-refractivity contribution in [3.8, 4) is 0 Å². The average molecular weight is 451 g/mol. The molecule has 1 unspecified atom stereocenters. The zero-order valence-corrected chi connectivity index (χ0v) is 18.7. The Morgan fingerprint density at radius 2 is 1.81 bits per heavy atom. The van der Waals surface area contributed by atoms with Crippen molar-refractivity contribution in [1.29, 1.82) is 0 Å². The van der Waals surface area contributed by atoms with Gasteiger partial charge in [0.15, 0.2) is 6.61 Å². The van der Waals surface area contributed by atoms with Crippen molar-refractivity contribution in [3.05, 3.63) is 29.3 Å². The summed E-state index contributed by atoms with van der Waals surface area (Å²) in [7, 11) is -4.00. The molecule has 2 atom stereocenters. The molecular weight excluding hydrogens is 420 g/mol. The van der Waals surface area contributed by atoms with E-state index in [1.165, 1.54) is 6.07 Å². The van der Waals surface area contributed by atoms with Gasteiger partial charge in [0.25, 0.3) is 5.91 Å². The smallest absolute Gasteiger partial charge is 0.325 e. The number of aliphatic hydroxyl groups excluding tert-OH is 1. The fraction of sp³-hybridized carbons (Fsp3) is 0.636. The Morgan fingerprint density at radius 1 is 1.16 bits per heavy atom. The molecule has 1 aromatic rings. The van der Waals surface area contributed by atoms with Gasteiger partial charge < -0.3 is 15.2 Å². The zero-order chi connectivity index (χ0) is 22.3. The maximum atomic E-state index is 13.1. The molecule has 3 aliphatic rings. The Bertz CT molecular complexity index is 958. The first-order valence-electron chi connectivity index (χ1n) is 10.9. The predicted molar refractivity (Wildman–Crippen MR) is 113 cm³/mol. The van der Waals surface area contributed by atoms with E-state index < -0.39 is 34.7 Å². The summed E-state index contributed by atoms with van der Waals surface area (Å²) in [5.41, 5.74) is 1.77. The van der Waals surface area contributed by atoms with E-state index in [0.29, 0.717) is 11.8 Å². The number of amides is 1. The van der Waals surface area contributed by atoms with Crippen LogP contribution in [0.25, 0.3) is 0 Å². The van der Waals surface area contributed by atoms with E-state index in [0.717, 1.165) is 41.1 Å². The molecule has 31 heavy (non-hydrogen) atoms. The van der Waals surface area contributed by atoms with Crippen LogP contribution in [0.2, 0.25) is 0 Å². The lowest BCUT2D eigenvalue weighted by Gasteiger charge is -2.23. The van der Waals surface area contributed by atoms with Gasteiger partial charge in [-0.05, 0) is 74.6 Å². The van der Waals surface area contributed by atoms with Crippen LogP contribution >= 0.6 is 0 Å². The number of nitrogens with one attached hydrogen (secondary N) is 1. The number of hydrogen-bond acceptors (Lipinski definition) is 6. The summed E-state index contributed by atoms with van der Waals surface area (Å²) >= 11 is 0. The summed E-state index contributed by atoms with van der Waals surface area (Å²) in [6, 6.07) is 3.76. The van der Waals surface area contributed by atoms with Crippen LogP contribution in [0.4, 0.5) is 0 Å². The van der Waals surface area contributed by atoms with Gasteiger partial charge in [-0.1, -0.05) is 6.07 Å². The molecule has 2 saturated carbocycles. The highest BCUT2D eigenvalue weighted by molar-refractivity contribution is 7.89. The molecule has 2 N–H and O–H groups in total. The van der Waals surface area contributed by atoms with Crippen molar-refractivity contribution >= 4 is 21.9 Å². The van der Waals surface area contributed by atoms with Gasteiger partial charge in [0.2, 0.25) is 10.0 Å². The molecule has 1 amide bonds. The standard InChI is InChI=1S/C22H30N2O6S/c1-13-3-8-18(9-14(13)2)31(28,29)24-11-17(25)10-19(24)22(27)30-12-20(26)23-21(15-4-5-15)16-6-7-16/h3,8-9,15-17,19,21,25H,4-7,10-12H2,1-2H3,(H,23,26)/t17?,19-/m0/s1. The second-order valence-electron chi connectivity index (χ2n) is 9.10. The minimum absolute atomic E-state index is 0.0582. The molecule has 1 heterocycles. The lowest BCUT2D eigenvalue weighted by Crippen LogP contribution is -2.44. The van der Waals surface area contributed by atoms with Crippen LogP contribution in [0.1, 0.15) is 43.2 Å². The topological polar surface area (TPSA) is 113 Å².